The maximum atomic E-state index is 12.0. The minimum atomic E-state index is -0.215. The molecule has 3 N–H and O–H groups in total. The molecule has 0 saturated carbocycles. The summed E-state index contributed by atoms with van der Waals surface area (Å²) >= 11 is 0. The summed E-state index contributed by atoms with van der Waals surface area (Å²) in [5, 5.41) is 3.00. The predicted molar refractivity (Wildman–Crippen MR) is 92.6 cm³/mol. The van der Waals surface area contributed by atoms with E-state index in [1.54, 1.807) is 7.11 Å². The maximum Gasteiger partial charge on any atom is 0.222 e. The fourth-order valence-corrected chi connectivity index (χ4v) is 2.85. The lowest BCUT2D eigenvalue weighted by molar-refractivity contribution is -0.124. The Balaban J connectivity index is 0.00000264. The van der Waals surface area contributed by atoms with E-state index in [-0.39, 0.29) is 30.5 Å². The molecule has 0 aliphatic carbocycles. The molecule has 1 saturated heterocycles. The van der Waals surface area contributed by atoms with Crippen LogP contribution in [0.4, 0.5) is 0 Å². The monoisotopic (exact) mass is 342 g/mol. The average molecular weight is 343 g/mol. The summed E-state index contributed by atoms with van der Waals surface area (Å²) < 4.78 is 11.1. The van der Waals surface area contributed by atoms with E-state index in [1.165, 1.54) is 5.56 Å². The Morgan fingerprint density at radius 3 is 2.83 bits per heavy atom. The van der Waals surface area contributed by atoms with Crippen molar-refractivity contribution in [2.24, 2.45) is 11.7 Å². The largest absolute Gasteiger partial charge is 0.380 e. The van der Waals surface area contributed by atoms with Crippen LogP contribution in [0.2, 0.25) is 0 Å². The Morgan fingerprint density at radius 2 is 2.17 bits per heavy atom. The summed E-state index contributed by atoms with van der Waals surface area (Å²) in [6.07, 6.45) is 2.24. The lowest BCUT2D eigenvalue weighted by atomic mass is 9.89. The van der Waals surface area contributed by atoms with Gasteiger partial charge in [-0.05, 0) is 18.4 Å². The first-order valence-corrected chi connectivity index (χ1v) is 7.90. The molecule has 1 aromatic carbocycles. The number of hydrogen-bond donors (Lipinski definition) is 2. The third-order valence-corrected chi connectivity index (χ3v) is 4.14. The SMILES string of the molecule is COC(CN)CC(=O)NCC1CCCOC1c1ccccc1.Cl. The van der Waals surface area contributed by atoms with Crippen molar-refractivity contribution in [1.29, 1.82) is 0 Å². The number of carbonyl (C=O) groups excluding carboxylic acids is 1. The quantitative estimate of drug-likeness (QED) is 0.795. The first kappa shape index (κ1) is 19.9. The molecular formula is C17H27ClN2O3. The van der Waals surface area contributed by atoms with Gasteiger partial charge in [-0.15, -0.1) is 12.4 Å². The number of nitrogens with one attached hydrogen (secondary N) is 1. The van der Waals surface area contributed by atoms with E-state index in [4.69, 9.17) is 15.2 Å². The van der Waals surface area contributed by atoms with Gasteiger partial charge in [0, 0.05) is 32.7 Å². The van der Waals surface area contributed by atoms with Crippen molar-refractivity contribution in [2.45, 2.75) is 31.5 Å². The number of nitrogens with two attached hydrogens (primary N) is 1. The average Bonchev–Trinajstić information content (AvgIpc) is 2.59. The second-order valence-corrected chi connectivity index (χ2v) is 5.71. The summed E-state index contributed by atoms with van der Waals surface area (Å²) in [7, 11) is 1.57. The molecule has 1 aromatic rings. The van der Waals surface area contributed by atoms with Gasteiger partial charge in [0.2, 0.25) is 5.91 Å². The van der Waals surface area contributed by atoms with Crippen molar-refractivity contribution in [3.63, 3.8) is 0 Å². The summed E-state index contributed by atoms with van der Waals surface area (Å²) in [5.41, 5.74) is 6.72. The van der Waals surface area contributed by atoms with Crippen LogP contribution >= 0.6 is 12.4 Å². The highest BCUT2D eigenvalue weighted by Crippen LogP contribution is 2.33. The zero-order chi connectivity index (χ0) is 15.8. The molecule has 0 aromatic heterocycles. The first-order valence-electron chi connectivity index (χ1n) is 7.90. The smallest absolute Gasteiger partial charge is 0.222 e. The molecule has 1 aliphatic rings. The van der Waals surface area contributed by atoms with Gasteiger partial charge in [0.25, 0.3) is 0 Å². The zero-order valence-corrected chi connectivity index (χ0v) is 14.4. The Kier molecular flexibility index (Phi) is 9.17. The summed E-state index contributed by atoms with van der Waals surface area (Å²) in [4.78, 5) is 12.0. The molecule has 5 nitrogen and oxygen atoms in total. The van der Waals surface area contributed by atoms with Crippen molar-refractivity contribution in [2.75, 3.05) is 26.8 Å². The van der Waals surface area contributed by atoms with Gasteiger partial charge >= 0.3 is 0 Å². The highest BCUT2D eigenvalue weighted by molar-refractivity contribution is 5.85. The minimum Gasteiger partial charge on any atom is -0.380 e. The summed E-state index contributed by atoms with van der Waals surface area (Å²) in [5.74, 6) is 0.286. The molecule has 0 bridgehead atoms. The molecule has 3 atom stereocenters. The first-order chi connectivity index (χ1) is 10.7. The lowest BCUT2D eigenvalue weighted by Gasteiger charge is -2.32. The van der Waals surface area contributed by atoms with Crippen molar-refractivity contribution >= 4 is 18.3 Å². The molecule has 0 radical (unpaired) electrons. The fourth-order valence-electron chi connectivity index (χ4n) is 2.85. The Morgan fingerprint density at radius 1 is 1.43 bits per heavy atom. The van der Waals surface area contributed by atoms with Gasteiger partial charge < -0.3 is 20.5 Å². The normalized spacial score (nSPS) is 22.0. The van der Waals surface area contributed by atoms with Gasteiger partial charge in [-0.25, -0.2) is 0 Å². The molecule has 2 rings (SSSR count). The third-order valence-electron chi connectivity index (χ3n) is 4.14. The topological polar surface area (TPSA) is 73.6 Å². The van der Waals surface area contributed by atoms with E-state index in [0.717, 1.165) is 19.4 Å². The minimum absolute atomic E-state index is 0. The molecule has 130 valence electrons. The van der Waals surface area contributed by atoms with E-state index in [1.807, 2.05) is 18.2 Å². The van der Waals surface area contributed by atoms with Gasteiger partial charge in [0.1, 0.15) is 0 Å². The van der Waals surface area contributed by atoms with E-state index in [9.17, 15) is 4.79 Å². The molecular weight excluding hydrogens is 316 g/mol. The van der Waals surface area contributed by atoms with Crippen molar-refractivity contribution in [1.82, 2.24) is 5.32 Å². The molecule has 1 fully saturated rings. The highest BCUT2D eigenvalue weighted by Gasteiger charge is 2.27. The van der Waals surface area contributed by atoms with Gasteiger partial charge in [0.05, 0.1) is 18.6 Å². The molecule has 1 aliphatic heterocycles. The lowest BCUT2D eigenvalue weighted by Crippen LogP contribution is -2.37. The van der Waals surface area contributed by atoms with Crippen molar-refractivity contribution in [3.05, 3.63) is 35.9 Å². The number of hydrogen-bond acceptors (Lipinski definition) is 4. The summed E-state index contributed by atoms with van der Waals surface area (Å²) in [6, 6.07) is 10.2. The van der Waals surface area contributed by atoms with E-state index in [0.29, 0.717) is 25.4 Å². The van der Waals surface area contributed by atoms with Gasteiger partial charge in [0.15, 0.2) is 0 Å². The molecule has 6 heteroatoms. The van der Waals surface area contributed by atoms with Crippen LogP contribution in [0.3, 0.4) is 0 Å². The zero-order valence-electron chi connectivity index (χ0n) is 13.6. The van der Waals surface area contributed by atoms with E-state index >= 15 is 0 Å². The Bertz CT molecular complexity index is 454. The van der Waals surface area contributed by atoms with Crippen LogP contribution in [-0.4, -0.2) is 38.8 Å². The van der Waals surface area contributed by atoms with Gasteiger partial charge in [-0.3, -0.25) is 4.79 Å². The Hall–Kier alpha value is -1.14. The molecule has 0 spiro atoms. The highest BCUT2D eigenvalue weighted by atomic mass is 35.5. The standard InChI is InChI=1S/C17H26N2O3.ClH/c1-21-15(11-18)10-16(20)19-12-14-8-5-9-22-17(14)13-6-3-2-4-7-13;/h2-4,6-7,14-15,17H,5,8-12,18H2,1H3,(H,19,20);1H. The molecule has 1 amide bonds. The van der Waals surface area contributed by atoms with Crippen LogP contribution in [0.5, 0.6) is 0 Å². The van der Waals surface area contributed by atoms with Crippen molar-refractivity contribution < 1.29 is 14.3 Å². The number of carbonyl (C=O) groups is 1. The molecule has 23 heavy (non-hydrogen) atoms. The second-order valence-electron chi connectivity index (χ2n) is 5.71. The van der Waals surface area contributed by atoms with E-state index in [2.05, 4.69) is 17.4 Å². The van der Waals surface area contributed by atoms with Crippen LogP contribution in [-0.2, 0) is 14.3 Å². The van der Waals surface area contributed by atoms with Gasteiger partial charge in [-0.1, -0.05) is 30.3 Å². The fraction of sp³-hybridized carbons (Fsp3) is 0.588. The number of ether oxygens (including phenoxy) is 2. The number of amides is 1. The van der Waals surface area contributed by atoms with Crippen LogP contribution in [0.25, 0.3) is 0 Å². The second kappa shape index (κ2) is 10.6. The van der Waals surface area contributed by atoms with Crippen LogP contribution in [0.15, 0.2) is 30.3 Å². The summed E-state index contributed by atoms with van der Waals surface area (Å²) in [6.45, 7) is 1.76. The van der Waals surface area contributed by atoms with Crippen molar-refractivity contribution in [3.8, 4) is 0 Å². The molecule has 1 heterocycles. The molecule has 3 unspecified atom stereocenters. The number of methoxy groups -OCH3 is 1. The van der Waals surface area contributed by atoms with Crippen LogP contribution < -0.4 is 11.1 Å². The van der Waals surface area contributed by atoms with Crippen LogP contribution in [0, 0.1) is 5.92 Å². The maximum absolute atomic E-state index is 12.0. The van der Waals surface area contributed by atoms with E-state index < -0.39 is 0 Å². The van der Waals surface area contributed by atoms with Gasteiger partial charge in [-0.2, -0.15) is 0 Å². The van der Waals surface area contributed by atoms with Crippen LogP contribution in [0.1, 0.15) is 30.9 Å². The Labute approximate surface area is 144 Å². The third kappa shape index (κ3) is 6.11. The number of rotatable bonds is 7. The number of halogens is 1. The predicted octanol–water partition coefficient (Wildman–Crippen LogP) is 2.06. The number of benzene rings is 1.